The first-order valence-corrected chi connectivity index (χ1v) is 21.3. The van der Waals surface area contributed by atoms with E-state index in [1.54, 1.807) is 31.2 Å². The second-order valence-corrected chi connectivity index (χ2v) is 16.3. The molecule has 1 saturated carbocycles. The molecule has 22 heteroatoms. The molecule has 0 saturated heterocycles. The first-order valence-electron chi connectivity index (χ1n) is 21.3. The highest BCUT2D eigenvalue weighted by molar-refractivity contribution is 6.32. The van der Waals surface area contributed by atoms with E-state index in [0.717, 1.165) is 37.7 Å². The van der Waals surface area contributed by atoms with Crippen LogP contribution in [0.3, 0.4) is 0 Å². The largest absolute Gasteiger partial charge is 0.635 e. The lowest BCUT2D eigenvalue weighted by Gasteiger charge is -2.30. The molecule has 1 aliphatic carbocycles. The molecule has 11 N–H and O–H groups in total. The zero-order chi connectivity index (χ0) is 47.9. The van der Waals surface area contributed by atoms with Gasteiger partial charge in [0.15, 0.2) is 0 Å². The summed E-state index contributed by atoms with van der Waals surface area (Å²) < 4.78 is 4.95. The van der Waals surface area contributed by atoms with Crippen LogP contribution in [0.5, 0.6) is 0 Å². The van der Waals surface area contributed by atoms with Crippen molar-refractivity contribution in [1.29, 1.82) is 0 Å². The van der Waals surface area contributed by atoms with Crippen LogP contribution in [0, 0.1) is 18.8 Å². The van der Waals surface area contributed by atoms with Gasteiger partial charge in [-0.3, -0.25) is 43.2 Å². The van der Waals surface area contributed by atoms with Gasteiger partial charge in [0.2, 0.25) is 35.4 Å². The SMILES string of the molecule is C=CCC(NC(=O)[C@H](CC(C)C)NC(=O)[C@H](CC1CCCCC1)NC(=O)[C@H](Cc1ccccc1C)NC(=O)[C@H](CCC(=O)O)NC(=O)[C@H](CC(=O)O)NC(=O)CCC(=O)O)OB(O)O. The molecule has 0 heterocycles. The molecule has 0 aromatic heterocycles. The van der Waals surface area contributed by atoms with E-state index in [1.807, 2.05) is 13.8 Å². The normalized spacial score (nSPS) is 15.5. The standard InChI is InChI=1S/C42H63BN6O15/c1-5-11-34(64-43(62)63)49-42(61)29(20-24(2)3)46-39(58)30(21-26-13-7-6-8-14-26)47-40(59)31(22-27-15-10-9-12-25(27)4)48-38(57)28(16-18-35(51)52)45-41(60)32(23-37(55)56)44-33(50)17-19-36(53)54/h5,9-10,12,15,24,26,28-32,34,62-63H,1,6-8,11,13-14,16-23H2,2-4H3,(H,44,50)(H,45,60)(H,46,58)(H,47,59)(H,48,57)(H,49,61)(H,51,52)(H,53,54)(H,55,56)/t28-,29-,30-,31-,32-,34?/m0/s1. The molecule has 0 aliphatic heterocycles. The third kappa shape index (κ3) is 21.0. The van der Waals surface area contributed by atoms with E-state index < -0.39 is 129 Å². The predicted molar refractivity (Wildman–Crippen MR) is 229 cm³/mol. The van der Waals surface area contributed by atoms with E-state index in [4.69, 9.17) is 9.76 Å². The minimum atomic E-state index is -2.21. The number of carboxylic acid groups (broad SMARTS) is 3. The van der Waals surface area contributed by atoms with E-state index in [0.29, 0.717) is 5.56 Å². The van der Waals surface area contributed by atoms with E-state index in [2.05, 4.69) is 38.5 Å². The molecule has 64 heavy (non-hydrogen) atoms. The lowest BCUT2D eigenvalue weighted by Crippen LogP contribution is -2.60. The number of carboxylic acids is 3. The van der Waals surface area contributed by atoms with Crippen LogP contribution in [-0.4, -0.2) is 122 Å². The number of amides is 6. The molecule has 1 aromatic rings. The topological polar surface area (TPSA) is 336 Å². The van der Waals surface area contributed by atoms with Gasteiger partial charge in [0, 0.05) is 25.7 Å². The van der Waals surface area contributed by atoms with Crippen molar-refractivity contribution >= 4 is 60.7 Å². The highest BCUT2D eigenvalue weighted by Gasteiger charge is 2.35. The summed E-state index contributed by atoms with van der Waals surface area (Å²) in [5, 5.41) is 61.6. The number of hydrogen-bond acceptors (Lipinski definition) is 12. The van der Waals surface area contributed by atoms with Crippen LogP contribution in [0.4, 0.5) is 0 Å². The zero-order valence-electron chi connectivity index (χ0n) is 36.5. The smallest absolute Gasteiger partial charge is 0.481 e. The molecule has 2 rings (SSSR count). The number of carbonyl (C=O) groups excluding carboxylic acids is 6. The third-order valence-electron chi connectivity index (χ3n) is 10.4. The van der Waals surface area contributed by atoms with Gasteiger partial charge in [-0.1, -0.05) is 76.3 Å². The van der Waals surface area contributed by atoms with Crippen LogP contribution in [0.25, 0.3) is 0 Å². The average molecular weight is 903 g/mol. The molecule has 1 aromatic carbocycles. The lowest BCUT2D eigenvalue weighted by atomic mass is 9.84. The van der Waals surface area contributed by atoms with Crippen LogP contribution in [0.15, 0.2) is 36.9 Å². The Bertz CT molecular complexity index is 1790. The van der Waals surface area contributed by atoms with E-state index in [1.165, 1.54) is 6.08 Å². The maximum absolute atomic E-state index is 14.4. The molecule has 1 fully saturated rings. The van der Waals surface area contributed by atoms with Gasteiger partial charge in [-0.25, -0.2) is 0 Å². The summed E-state index contributed by atoms with van der Waals surface area (Å²) in [4.78, 5) is 116. The molecular weight excluding hydrogens is 839 g/mol. The Labute approximate surface area is 372 Å². The van der Waals surface area contributed by atoms with Gasteiger partial charge in [0.05, 0.1) is 12.8 Å². The fourth-order valence-corrected chi connectivity index (χ4v) is 7.16. The Morgan fingerprint density at radius 3 is 1.83 bits per heavy atom. The third-order valence-corrected chi connectivity index (χ3v) is 10.4. The molecular formula is C42H63BN6O15. The van der Waals surface area contributed by atoms with Gasteiger partial charge in [-0.15, -0.1) is 6.58 Å². The molecule has 21 nitrogen and oxygen atoms in total. The van der Waals surface area contributed by atoms with Crippen LogP contribution < -0.4 is 31.9 Å². The number of aliphatic carboxylic acids is 3. The summed E-state index contributed by atoms with van der Waals surface area (Å²) >= 11 is 0. The highest BCUT2D eigenvalue weighted by atomic mass is 16.6. The van der Waals surface area contributed by atoms with Crippen molar-refractivity contribution in [3.05, 3.63) is 48.0 Å². The number of benzene rings is 1. The second-order valence-electron chi connectivity index (χ2n) is 16.3. The Morgan fingerprint density at radius 2 is 1.25 bits per heavy atom. The summed E-state index contributed by atoms with van der Waals surface area (Å²) in [6, 6.07) is -0.432. The molecule has 6 atom stereocenters. The van der Waals surface area contributed by atoms with Crippen LogP contribution in [0.2, 0.25) is 0 Å². The Kier molecular flexibility index (Phi) is 23.8. The number of aryl methyl sites for hydroxylation is 1. The van der Waals surface area contributed by atoms with Crippen molar-refractivity contribution in [1.82, 2.24) is 31.9 Å². The van der Waals surface area contributed by atoms with E-state index in [-0.39, 0.29) is 37.5 Å². The van der Waals surface area contributed by atoms with Crippen LogP contribution in [-0.2, 0) is 54.2 Å². The van der Waals surface area contributed by atoms with E-state index in [9.17, 15) is 63.4 Å². The van der Waals surface area contributed by atoms with Crippen molar-refractivity contribution < 1.29 is 73.2 Å². The number of hydrogen-bond donors (Lipinski definition) is 11. The van der Waals surface area contributed by atoms with Gasteiger partial charge < -0.3 is 61.9 Å². The first kappa shape index (κ1) is 54.3. The number of nitrogens with one attached hydrogen (secondary N) is 6. The first-order chi connectivity index (χ1) is 30.2. The maximum Gasteiger partial charge on any atom is 0.635 e. The van der Waals surface area contributed by atoms with Crippen molar-refractivity contribution in [2.75, 3.05) is 0 Å². The van der Waals surface area contributed by atoms with Gasteiger partial charge in [0.1, 0.15) is 36.4 Å². The summed E-state index contributed by atoms with van der Waals surface area (Å²) in [6.07, 6.45) is 1.22. The van der Waals surface area contributed by atoms with Gasteiger partial charge >= 0.3 is 25.2 Å². The average Bonchev–Trinajstić information content (AvgIpc) is 3.20. The van der Waals surface area contributed by atoms with Crippen LogP contribution >= 0.6 is 0 Å². The molecule has 0 bridgehead atoms. The predicted octanol–water partition coefficient (Wildman–Crippen LogP) is 0.187. The van der Waals surface area contributed by atoms with Crippen molar-refractivity contribution in [2.45, 2.75) is 147 Å². The van der Waals surface area contributed by atoms with Gasteiger partial charge in [-0.2, -0.15) is 0 Å². The molecule has 0 radical (unpaired) electrons. The van der Waals surface area contributed by atoms with E-state index >= 15 is 0 Å². The molecule has 0 spiro atoms. The van der Waals surface area contributed by atoms with Crippen LogP contribution in [0.1, 0.15) is 108 Å². The highest BCUT2D eigenvalue weighted by Crippen LogP contribution is 2.28. The quantitative estimate of drug-likeness (QED) is 0.0290. The Morgan fingerprint density at radius 1 is 0.703 bits per heavy atom. The molecule has 1 unspecified atom stereocenters. The Balaban J connectivity index is 2.51. The van der Waals surface area contributed by atoms with Crippen molar-refractivity contribution in [2.24, 2.45) is 11.8 Å². The summed E-state index contributed by atoms with van der Waals surface area (Å²) in [5.41, 5.74) is 1.33. The lowest BCUT2D eigenvalue weighted by molar-refractivity contribution is -0.142. The second kappa shape index (κ2) is 28.0. The zero-order valence-corrected chi connectivity index (χ0v) is 36.5. The molecule has 6 amide bonds. The molecule has 354 valence electrons. The number of carbonyl (C=O) groups is 9. The summed E-state index contributed by atoms with van der Waals surface area (Å²) in [7, 11) is -2.21. The maximum atomic E-state index is 14.4. The molecule has 1 aliphatic rings. The minimum absolute atomic E-state index is 0.00183. The fraction of sp³-hybridized carbons (Fsp3) is 0.595. The number of rotatable bonds is 29. The Hall–Kier alpha value is -5.87. The fourth-order valence-electron chi connectivity index (χ4n) is 7.16. The van der Waals surface area contributed by atoms with Gasteiger partial charge in [-0.05, 0) is 49.1 Å². The monoisotopic (exact) mass is 902 g/mol. The van der Waals surface area contributed by atoms with Gasteiger partial charge in [0.25, 0.3) is 0 Å². The van der Waals surface area contributed by atoms with Crippen molar-refractivity contribution in [3.8, 4) is 0 Å². The minimum Gasteiger partial charge on any atom is -0.481 e. The van der Waals surface area contributed by atoms with Crippen molar-refractivity contribution in [3.63, 3.8) is 0 Å². The summed E-state index contributed by atoms with van der Waals surface area (Å²) in [6.45, 7) is 8.98. The summed E-state index contributed by atoms with van der Waals surface area (Å²) in [5.74, 6) is -9.83.